The molecule has 1 amide bonds. The Hall–Kier alpha value is -1.91. The van der Waals surface area contributed by atoms with Crippen LogP contribution in [0.15, 0.2) is 41.3 Å². The third-order valence-corrected chi connectivity index (χ3v) is 9.32. The van der Waals surface area contributed by atoms with E-state index in [1.54, 1.807) is 36.3 Å². The fourth-order valence-electron chi connectivity index (χ4n) is 3.64. The summed E-state index contributed by atoms with van der Waals surface area (Å²) in [6.07, 6.45) is 0.270. The van der Waals surface area contributed by atoms with Gasteiger partial charge in [-0.15, -0.1) is 0 Å². The van der Waals surface area contributed by atoms with Gasteiger partial charge >= 0.3 is 0 Å². The van der Waals surface area contributed by atoms with E-state index in [9.17, 15) is 13.2 Å². The normalized spacial score (nSPS) is 11.8. The number of thiazole rings is 1. The van der Waals surface area contributed by atoms with E-state index >= 15 is 0 Å². The van der Waals surface area contributed by atoms with Crippen LogP contribution in [0, 0.1) is 0 Å². The van der Waals surface area contributed by atoms with E-state index in [1.165, 1.54) is 23.5 Å². The lowest BCUT2D eigenvalue weighted by Crippen LogP contribution is -2.38. The first-order valence-corrected chi connectivity index (χ1v) is 14.6. The number of carbonyl (C=O) groups excluding carboxylic acids is 1. The van der Waals surface area contributed by atoms with Crippen molar-refractivity contribution in [2.45, 2.75) is 31.6 Å². The highest BCUT2D eigenvalue weighted by atomic mass is 35.5. The maximum atomic E-state index is 13.3. The fourth-order valence-corrected chi connectivity index (χ4v) is 6.37. The van der Waals surface area contributed by atoms with Gasteiger partial charge in [-0.2, -0.15) is 0 Å². The van der Waals surface area contributed by atoms with Crippen LogP contribution in [-0.4, -0.2) is 63.3 Å². The number of benzene rings is 2. The molecule has 11 heteroatoms. The van der Waals surface area contributed by atoms with Crippen LogP contribution >= 0.6 is 34.5 Å². The second-order valence-corrected chi connectivity index (χ2v) is 11.8. The summed E-state index contributed by atoms with van der Waals surface area (Å²) in [6.45, 7) is 6.96. The number of ether oxygens (including phenoxy) is 1. The Morgan fingerprint density at radius 2 is 1.74 bits per heavy atom. The number of methoxy groups -OCH3 is 1. The van der Waals surface area contributed by atoms with Crippen LogP contribution in [-0.2, 0) is 14.6 Å². The second kappa shape index (κ2) is 12.4. The number of amides is 1. The lowest BCUT2D eigenvalue weighted by molar-refractivity contribution is -0.118. The third kappa shape index (κ3) is 6.86. The molecule has 0 aliphatic carbocycles. The number of likely N-dealkylation sites (N-methyl/N-ethyl adjacent to an activating group) is 1. The number of fused-ring (bicyclic) bond motifs is 1. The Labute approximate surface area is 220 Å². The van der Waals surface area contributed by atoms with E-state index in [2.05, 4.69) is 23.7 Å². The van der Waals surface area contributed by atoms with Crippen LogP contribution in [0.1, 0.15) is 26.7 Å². The van der Waals surface area contributed by atoms with Crippen molar-refractivity contribution in [1.82, 2.24) is 9.88 Å². The molecular weight excluding hydrogens is 529 g/mol. The summed E-state index contributed by atoms with van der Waals surface area (Å²) in [4.78, 5) is 22.0. The lowest BCUT2D eigenvalue weighted by atomic mass is 10.3. The highest BCUT2D eigenvalue weighted by molar-refractivity contribution is 7.91. The summed E-state index contributed by atoms with van der Waals surface area (Å²) in [7, 11) is -1.95. The van der Waals surface area contributed by atoms with Gasteiger partial charge in [0.05, 0.1) is 27.5 Å². The van der Waals surface area contributed by atoms with Gasteiger partial charge < -0.3 is 9.64 Å². The molecule has 2 aromatic carbocycles. The Morgan fingerprint density at radius 1 is 1.06 bits per heavy atom. The summed E-state index contributed by atoms with van der Waals surface area (Å²) < 4.78 is 31.5. The van der Waals surface area contributed by atoms with Gasteiger partial charge in [0.25, 0.3) is 0 Å². The zero-order valence-electron chi connectivity index (χ0n) is 20.0. The predicted molar refractivity (Wildman–Crippen MR) is 144 cm³/mol. The van der Waals surface area contributed by atoms with Crippen molar-refractivity contribution in [3.05, 3.63) is 46.4 Å². The van der Waals surface area contributed by atoms with Gasteiger partial charge in [0.15, 0.2) is 15.0 Å². The van der Waals surface area contributed by atoms with Crippen molar-refractivity contribution in [2.75, 3.05) is 43.9 Å². The minimum atomic E-state index is -3.52. The van der Waals surface area contributed by atoms with Crippen LogP contribution in [0.4, 0.5) is 5.13 Å². The van der Waals surface area contributed by atoms with Gasteiger partial charge in [-0.25, -0.2) is 13.4 Å². The smallest absolute Gasteiger partial charge is 0.228 e. The Morgan fingerprint density at radius 3 is 2.37 bits per heavy atom. The van der Waals surface area contributed by atoms with Crippen molar-refractivity contribution in [3.8, 4) is 5.75 Å². The van der Waals surface area contributed by atoms with Crippen LogP contribution in [0.3, 0.4) is 0 Å². The van der Waals surface area contributed by atoms with Gasteiger partial charge in [-0.1, -0.05) is 48.4 Å². The Balaban J connectivity index is 1.80. The Kier molecular flexibility index (Phi) is 9.77. The molecule has 0 atom stereocenters. The molecule has 0 unspecified atom stereocenters. The highest BCUT2D eigenvalue weighted by Crippen LogP contribution is 2.38. The number of nitrogens with zero attached hydrogens (tertiary/aromatic N) is 3. The van der Waals surface area contributed by atoms with Gasteiger partial charge in [-0.05, 0) is 55.9 Å². The van der Waals surface area contributed by atoms with E-state index in [1.807, 2.05) is 0 Å². The molecule has 0 N–H and O–H groups in total. The van der Waals surface area contributed by atoms with Gasteiger partial charge in [-0.3, -0.25) is 9.69 Å². The van der Waals surface area contributed by atoms with Crippen LogP contribution in [0.2, 0.25) is 10.0 Å². The molecular formula is C24H29Cl2N3O4S2. The highest BCUT2D eigenvalue weighted by Gasteiger charge is 2.23. The molecule has 1 aromatic heterocycles. The van der Waals surface area contributed by atoms with Crippen molar-refractivity contribution < 1.29 is 17.9 Å². The number of sulfone groups is 1. The van der Waals surface area contributed by atoms with E-state index in [0.717, 1.165) is 17.8 Å². The molecule has 0 aliphatic rings. The molecule has 35 heavy (non-hydrogen) atoms. The molecule has 0 spiro atoms. The van der Waals surface area contributed by atoms with E-state index in [0.29, 0.717) is 39.5 Å². The predicted octanol–water partition coefficient (Wildman–Crippen LogP) is 5.54. The molecule has 0 saturated carbocycles. The number of rotatable bonds is 12. The third-order valence-electron chi connectivity index (χ3n) is 5.71. The quantitative estimate of drug-likeness (QED) is 0.291. The van der Waals surface area contributed by atoms with Crippen LogP contribution < -0.4 is 9.64 Å². The monoisotopic (exact) mass is 557 g/mol. The Bertz CT molecular complexity index is 1260. The fraction of sp³-hybridized carbons (Fsp3) is 0.417. The molecule has 0 aliphatic heterocycles. The number of hydrogen-bond donors (Lipinski definition) is 0. The van der Waals surface area contributed by atoms with E-state index < -0.39 is 9.84 Å². The molecule has 7 nitrogen and oxygen atoms in total. The molecule has 3 aromatic rings. The maximum Gasteiger partial charge on any atom is 0.228 e. The second-order valence-electron chi connectivity index (χ2n) is 7.87. The minimum Gasteiger partial charge on any atom is -0.494 e. The molecule has 0 saturated heterocycles. The summed E-state index contributed by atoms with van der Waals surface area (Å²) in [5.74, 6) is 0.263. The number of carbonyl (C=O) groups is 1. The molecule has 1 heterocycles. The topological polar surface area (TPSA) is 79.8 Å². The lowest BCUT2D eigenvalue weighted by Gasteiger charge is -2.24. The summed E-state index contributed by atoms with van der Waals surface area (Å²) >= 11 is 13.6. The van der Waals surface area contributed by atoms with Crippen LogP contribution in [0.5, 0.6) is 5.75 Å². The number of aromatic nitrogens is 1. The number of hydrogen-bond acceptors (Lipinski definition) is 7. The van der Waals surface area contributed by atoms with Gasteiger partial charge in [0.1, 0.15) is 11.3 Å². The standard InChI is InChI=1S/C24H29Cl2N3O4S2/c1-4-28(5-2)14-15-29(24-27-22-20(33-3)13-12-19(26)23(22)34-24)21(30)7-6-16-35(31,32)18-10-8-17(25)9-11-18/h8-13H,4-7,14-16H2,1-3H3. The number of halogens is 2. The molecule has 190 valence electrons. The molecule has 0 fully saturated rings. The first-order chi connectivity index (χ1) is 16.7. The molecule has 3 rings (SSSR count). The van der Waals surface area contributed by atoms with Crippen LogP contribution in [0.25, 0.3) is 10.2 Å². The number of anilines is 1. The van der Waals surface area contributed by atoms with E-state index in [-0.39, 0.29) is 29.4 Å². The average molecular weight is 559 g/mol. The first-order valence-electron chi connectivity index (χ1n) is 11.3. The summed E-state index contributed by atoms with van der Waals surface area (Å²) in [5.41, 5.74) is 0.603. The van der Waals surface area contributed by atoms with Crippen molar-refractivity contribution in [3.63, 3.8) is 0 Å². The largest absolute Gasteiger partial charge is 0.494 e. The zero-order valence-corrected chi connectivity index (χ0v) is 23.1. The zero-order chi connectivity index (χ0) is 25.6. The van der Waals surface area contributed by atoms with Gasteiger partial charge in [0, 0.05) is 24.5 Å². The SMILES string of the molecule is CCN(CC)CCN(C(=O)CCCS(=O)(=O)c1ccc(Cl)cc1)c1nc2c(OC)ccc(Cl)c2s1. The van der Waals surface area contributed by atoms with Crippen molar-refractivity contribution >= 4 is 65.6 Å². The maximum absolute atomic E-state index is 13.3. The molecule has 0 bridgehead atoms. The summed E-state index contributed by atoms with van der Waals surface area (Å²) in [5, 5.41) is 1.52. The van der Waals surface area contributed by atoms with Crippen molar-refractivity contribution in [1.29, 1.82) is 0 Å². The first kappa shape index (κ1) is 27.7. The average Bonchev–Trinajstić information content (AvgIpc) is 3.28. The molecule has 0 radical (unpaired) electrons. The van der Waals surface area contributed by atoms with E-state index in [4.69, 9.17) is 27.9 Å². The minimum absolute atomic E-state index is 0.0753. The van der Waals surface area contributed by atoms with Gasteiger partial charge in [0.2, 0.25) is 5.91 Å². The van der Waals surface area contributed by atoms with Crippen molar-refractivity contribution in [2.24, 2.45) is 0 Å². The summed E-state index contributed by atoms with van der Waals surface area (Å²) in [6, 6.07) is 9.54.